The third-order valence-electron chi connectivity index (χ3n) is 6.14. The Bertz CT molecular complexity index is 1480. The number of aromatic nitrogens is 1. The van der Waals surface area contributed by atoms with Crippen molar-refractivity contribution in [3.8, 4) is 11.5 Å². The monoisotopic (exact) mass is 509 g/mol. The molecule has 4 rings (SSSR count). The Morgan fingerprint density at radius 3 is 2.44 bits per heavy atom. The largest absolute Gasteiger partial charge is 0.477 e. The zero-order chi connectivity index (χ0) is 26.0. The van der Waals surface area contributed by atoms with Gasteiger partial charge in [0.2, 0.25) is 5.43 Å². The highest BCUT2D eigenvalue weighted by atomic mass is 35.5. The lowest BCUT2D eigenvalue weighted by molar-refractivity contribution is 0.0694. The number of carbonyl (C=O) groups is 1. The average Bonchev–Trinajstić information content (AvgIpc) is 2.84. The normalized spacial score (nSPS) is 12.2. The van der Waals surface area contributed by atoms with E-state index in [1.54, 1.807) is 34.9 Å². The number of aromatic carboxylic acids is 1. The minimum Gasteiger partial charge on any atom is -0.477 e. The van der Waals surface area contributed by atoms with Gasteiger partial charge >= 0.3 is 5.97 Å². The molecule has 0 saturated heterocycles. The summed E-state index contributed by atoms with van der Waals surface area (Å²) in [6, 6.07) is 16.3. The first kappa shape index (κ1) is 25.4. The molecular formula is C28H25ClFNO5. The van der Waals surface area contributed by atoms with Gasteiger partial charge in [-0.3, -0.25) is 4.79 Å². The van der Waals surface area contributed by atoms with Gasteiger partial charge in [0.1, 0.15) is 22.9 Å². The van der Waals surface area contributed by atoms with Crippen molar-refractivity contribution in [2.45, 2.75) is 26.3 Å². The number of aliphatic hydroxyl groups is 1. The SMILES string of the molecule is CC(C)[C@@H](CO)n1cc(C(=O)O)c(=O)c2cc(Cc3cccc(Cl)c3F)c(Oc3ccccc3)cc21. The van der Waals surface area contributed by atoms with Crippen LogP contribution in [0.25, 0.3) is 10.9 Å². The molecule has 2 N–H and O–H groups in total. The number of rotatable bonds is 8. The summed E-state index contributed by atoms with van der Waals surface area (Å²) in [5.41, 5.74) is 0.0826. The highest BCUT2D eigenvalue weighted by molar-refractivity contribution is 6.30. The summed E-state index contributed by atoms with van der Waals surface area (Å²) in [6.45, 7) is 3.52. The Labute approximate surface area is 212 Å². The first-order valence-corrected chi connectivity index (χ1v) is 11.8. The topological polar surface area (TPSA) is 88.8 Å². The van der Waals surface area contributed by atoms with Crippen molar-refractivity contribution in [2.75, 3.05) is 6.61 Å². The first-order valence-electron chi connectivity index (χ1n) is 11.4. The van der Waals surface area contributed by atoms with Crippen LogP contribution in [0.3, 0.4) is 0 Å². The molecule has 186 valence electrons. The number of hydrogen-bond donors (Lipinski definition) is 2. The molecule has 3 aromatic carbocycles. The average molecular weight is 510 g/mol. The Kier molecular flexibility index (Phi) is 7.43. The van der Waals surface area contributed by atoms with E-state index < -0.39 is 28.8 Å². The maximum Gasteiger partial charge on any atom is 0.341 e. The number of carboxylic acid groups (broad SMARTS) is 1. The van der Waals surface area contributed by atoms with Crippen LogP contribution in [0.1, 0.15) is 41.4 Å². The molecule has 0 spiro atoms. The van der Waals surface area contributed by atoms with E-state index in [1.165, 1.54) is 18.3 Å². The quantitative estimate of drug-likeness (QED) is 0.301. The second kappa shape index (κ2) is 10.5. The van der Waals surface area contributed by atoms with Gasteiger partial charge in [0.05, 0.1) is 23.2 Å². The smallest absolute Gasteiger partial charge is 0.341 e. The van der Waals surface area contributed by atoms with Crippen LogP contribution < -0.4 is 10.2 Å². The molecule has 0 unspecified atom stereocenters. The van der Waals surface area contributed by atoms with Crippen molar-refractivity contribution in [1.29, 1.82) is 0 Å². The number of fused-ring (bicyclic) bond motifs is 1. The van der Waals surface area contributed by atoms with Crippen LogP contribution in [0.4, 0.5) is 4.39 Å². The van der Waals surface area contributed by atoms with Crippen LogP contribution in [-0.2, 0) is 6.42 Å². The fraction of sp³-hybridized carbons (Fsp3) is 0.214. The van der Waals surface area contributed by atoms with Crippen LogP contribution in [-0.4, -0.2) is 27.4 Å². The molecule has 0 bridgehead atoms. The third kappa shape index (κ3) is 4.98. The predicted molar refractivity (Wildman–Crippen MR) is 137 cm³/mol. The maximum absolute atomic E-state index is 14.8. The van der Waals surface area contributed by atoms with Crippen molar-refractivity contribution in [1.82, 2.24) is 4.57 Å². The molecule has 6 nitrogen and oxygen atoms in total. The maximum atomic E-state index is 14.8. The van der Waals surface area contributed by atoms with Gasteiger partial charge in [-0.1, -0.05) is 55.8 Å². The second-order valence-corrected chi connectivity index (χ2v) is 9.27. The molecule has 1 atom stereocenters. The van der Waals surface area contributed by atoms with Crippen LogP contribution in [0.15, 0.2) is 71.7 Å². The van der Waals surface area contributed by atoms with Crippen molar-refractivity contribution in [2.24, 2.45) is 5.92 Å². The van der Waals surface area contributed by atoms with Crippen LogP contribution in [0, 0.1) is 11.7 Å². The number of ether oxygens (including phenoxy) is 1. The van der Waals surface area contributed by atoms with E-state index in [1.807, 2.05) is 32.0 Å². The van der Waals surface area contributed by atoms with Gasteiger partial charge in [-0.05, 0) is 35.7 Å². The standard InChI is InChI=1S/C28H25ClFNO5/c1-16(2)24(15-32)31-14-21(28(34)35)27(33)20-12-18(11-17-7-6-10-22(29)26(17)30)25(13-23(20)31)36-19-8-4-3-5-9-19/h3-10,12-14,16,24,32H,11,15H2,1-2H3,(H,34,35)/t24-/m1/s1. The van der Waals surface area contributed by atoms with E-state index >= 15 is 0 Å². The van der Waals surface area contributed by atoms with Gasteiger partial charge in [0.25, 0.3) is 0 Å². The summed E-state index contributed by atoms with van der Waals surface area (Å²) in [7, 11) is 0. The summed E-state index contributed by atoms with van der Waals surface area (Å²) in [4.78, 5) is 25.1. The van der Waals surface area contributed by atoms with E-state index in [0.29, 0.717) is 28.1 Å². The van der Waals surface area contributed by atoms with E-state index in [0.717, 1.165) is 0 Å². The van der Waals surface area contributed by atoms with E-state index in [4.69, 9.17) is 16.3 Å². The molecule has 1 aromatic heterocycles. The minimum atomic E-state index is -1.37. The molecule has 0 fully saturated rings. The molecule has 0 radical (unpaired) electrons. The summed E-state index contributed by atoms with van der Waals surface area (Å²) >= 11 is 5.98. The van der Waals surface area contributed by atoms with Gasteiger partial charge in [-0.25, -0.2) is 9.18 Å². The fourth-order valence-electron chi connectivity index (χ4n) is 4.21. The number of hydrogen-bond acceptors (Lipinski definition) is 4. The molecule has 0 aliphatic carbocycles. The van der Waals surface area contributed by atoms with Gasteiger partial charge in [0.15, 0.2) is 0 Å². The zero-order valence-electron chi connectivity index (χ0n) is 19.7. The lowest BCUT2D eigenvalue weighted by Gasteiger charge is -2.25. The first-order chi connectivity index (χ1) is 17.2. The zero-order valence-corrected chi connectivity index (χ0v) is 20.5. The summed E-state index contributed by atoms with van der Waals surface area (Å²) in [5.74, 6) is -1.13. The molecule has 0 aliphatic heterocycles. The van der Waals surface area contributed by atoms with E-state index in [9.17, 15) is 24.2 Å². The number of benzene rings is 3. The Morgan fingerprint density at radius 1 is 1.08 bits per heavy atom. The number of aliphatic hydroxyl groups excluding tert-OH is 1. The number of pyridine rings is 1. The predicted octanol–water partition coefficient (Wildman–Crippen LogP) is 6.06. The van der Waals surface area contributed by atoms with Crippen LogP contribution in [0.5, 0.6) is 11.5 Å². The van der Waals surface area contributed by atoms with Crippen molar-refractivity contribution in [3.63, 3.8) is 0 Å². The number of para-hydroxylation sites is 1. The van der Waals surface area contributed by atoms with E-state index in [2.05, 4.69) is 0 Å². The van der Waals surface area contributed by atoms with Gasteiger partial charge in [-0.2, -0.15) is 0 Å². The lowest BCUT2D eigenvalue weighted by Crippen LogP contribution is -2.25. The highest BCUT2D eigenvalue weighted by Crippen LogP contribution is 2.34. The molecule has 0 saturated carbocycles. The second-order valence-electron chi connectivity index (χ2n) is 8.86. The third-order valence-corrected chi connectivity index (χ3v) is 6.43. The van der Waals surface area contributed by atoms with Gasteiger partial charge in [0, 0.05) is 29.6 Å². The molecule has 0 amide bonds. The number of nitrogens with zero attached hydrogens (tertiary/aromatic N) is 1. The number of halogens is 2. The summed E-state index contributed by atoms with van der Waals surface area (Å²) < 4.78 is 22.5. The highest BCUT2D eigenvalue weighted by Gasteiger charge is 2.23. The van der Waals surface area contributed by atoms with Gasteiger partial charge < -0.3 is 19.5 Å². The van der Waals surface area contributed by atoms with E-state index in [-0.39, 0.29) is 29.4 Å². The number of carboxylic acids is 1. The molecule has 4 aromatic rings. The van der Waals surface area contributed by atoms with Gasteiger partial charge in [-0.15, -0.1) is 0 Å². The molecule has 1 heterocycles. The molecule has 8 heteroatoms. The molecule has 0 aliphatic rings. The Hall–Kier alpha value is -3.68. The van der Waals surface area contributed by atoms with Crippen molar-refractivity contribution >= 4 is 28.5 Å². The lowest BCUT2D eigenvalue weighted by atomic mass is 9.98. The van der Waals surface area contributed by atoms with Crippen LogP contribution >= 0.6 is 11.6 Å². The Balaban J connectivity index is 2.02. The van der Waals surface area contributed by atoms with Crippen molar-refractivity contribution < 1.29 is 24.1 Å². The molecular weight excluding hydrogens is 485 g/mol. The fourth-order valence-corrected chi connectivity index (χ4v) is 4.40. The summed E-state index contributed by atoms with van der Waals surface area (Å²) in [6.07, 6.45) is 1.31. The minimum absolute atomic E-state index is 0.0305. The van der Waals surface area contributed by atoms with Crippen molar-refractivity contribution in [3.05, 3.63) is 105 Å². The Morgan fingerprint density at radius 2 is 1.81 bits per heavy atom. The van der Waals surface area contributed by atoms with Crippen LogP contribution in [0.2, 0.25) is 5.02 Å². The summed E-state index contributed by atoms with van der Waals surface area (Å²) in [5, 5.41) is 19.9. The molecule has 36 heavy (non-hydrogen) atoms.